The van der Waals surface area contributed by atoms with Crippen molar-refractivity contribution in [2.45, 2.75) is 20.5 Å². The summed E-state index contributed by atoms with van der Waals surface area (Å²) in [5, 5.41) is 0. The molecule has 0 saturated heterocycles. The molecule has 0 unspecified atom stereocenters. The van der Waals surface area contributed by atoms with E-state index >= 15 is 0 Å². The number of carbonyl (C=O) groups is 2. The van der Waals surface area contributed by atoms with Gasteiger partial charge in [0.2, 0.25) is 5.78 Å². The second-order valence-corrected chi connectivity index (χ2v) is 7.53. The number of carbonyl (C=O) groups excluding carboxylic acids is 2. The maximum atomic E-state index is 12.9. The van der Waals surface area contributed by atoms with Gasteiger partial charge in [-0.25, -0.2) is 4.79 Å². The van der Waals surface area contributed by atoms with Crippen LogP contribution in [0, 0.1) is 6.92 Å². The van der Waals surface area contributed by atoms with Gasteiger partial charge in [-0.05, 0) is 66.9 Å². The summed E-state index contributed by atoms with van der Waals surface area (Å²) >= 11 is 0. The highest BCUT2D eigenvalue weighted by molar-refractivity contribution is 6.15. The summed E-state index contributed by atoms with van der Waals surface area (Å²) in [6.07, 6.45) is 1.72. The number of esters is 1. The average Bonchev–Trinajstić information content (AvgIpc) is 3.14. The van der Waals surface area contributed by atoms with Gasteiger partial charge in [-0.2, -0.15) is 0 Å². The predicted molar refractivity (Wildman–Crippen MR) is 124 cm³/mol. The van der Waals surface area contributed by atoms with E-state index < -0.39 is 0 Å². The van der Waals surface area contributed by atoms with Crippen molar-refractivity contribution in [2.24, 2.45) is 0 Å². The first-order valence-electron chi connectivity index (χ1n) is 10.6. The van der Waals surface area contributed by atoms with Crippen molar-refractivity contribution in [3.05, 3.63) is 94.2 Å². The molecule has 6 nitrogen and oxygen atoms in total. The molecule has 0 aliphatic carbocycles. The van der Waals surface area contributed by atoms with Gasteiger partial charge in [-0.3, -0.25) is 4.79 Å². The Bertz CT molecular complexity index is 1210. The number of benzene rings is 3. The summed E-state index contributed by atoms with van der Waals surface area (Å²) in [4.78, 5) is 24.5. The molecule has 4 rings (SSSR count). The highest BCUT2D eigenvalue weighted by Crippen LogP contribution is 2.37. The Morgan fingerprint density at radius 1 is 0.970 bits per heavy atom. The molecule has 33 heavy (non-hydrogen) atoms. The first-order chi connectivity index (χ1) is 16.0. The summed E-state index contributed by atoms with van der Waals surface area (Å²) in [6, 6.07) is 18.0. The molecule has 0 amide bonds. The van der Waals surface area contributed by atoms with Crippen LogP contribution in [0.25, 0.3) is 6.08 Å². The van der Waals surface area contributed by atoms with Crippen LogP contribution in [0.3, 0.4) is 0 Å². The molecule has 0 aromatic heterocycles. The summed E-state index contributed by atoms with van der Waals surface area (Å²) < 4.78 is 22.0. The summed E-state index contributed by atoms with van der Waals surface area (Å²) in [7, 11) is 1.35. The highest BCUT2D eigenvalue weighted by Gasteiger charge is 2.30. The van der Waals surface area contributed by atoms with Crippen molar-refractivity contribution < 1.29 is 28.5 Å². The van der Waals surface area contributed by atoms with Crippen LogP contribution in [-0.2, 0) is 11.3 Å². The average molecular weight is 444 g/mol. The number of methoxy groups -OCH3 is 1. The van der Waals surface area contributed by atoms with Gasteiger partial charge in [-0.1, -0.05) is 24.3 Å². The fraction of sp³-hybridized carbons (Fsp3) is 0.185. The van der Waals surface area contributed by atoms with Crippen molar-refractivity contribution >= 4 is 17.8 Å². The lowest BCUT2D eigenvalue weighted by molar-refractivity contribution is 0.0600. The predicted octanol–water partition coefficient (Wildman–Crippen LogP) is 5.38. The minimum Gasteiger partial charge on any atom is -0.494 e. The molecule has 0 N–H and O–H groups in total. The van der Waals surface area contributed by atoms with Crippen molar-refractivity contribution in [3.63, 3.8) is 0 Å². The Hall–Kier alpha value is -4.06. The zero-order chi connectivity index (χ0) is 23.4. The zero-order valence-corrected chi connectivity index (χ0v) is 18.7. The van der Waals surface area contributed by atoms with Crippen molar-refractivity contribution in [1.29, 1.82) is 0 Å². The zero-order valence-electron chi connectivity index (χ0n) is 18.7. The lowest BCUT2D eigenvalue weighted by Crippen LogP contribution is -2.02. The standard InChI is InChI=1S/C27H24O6/c1-4-31-21-11-7-18(8-12-21)14-24-26(28)25-17(2)13-22(15-23(25)33-24)32-16-19-5-9-20(10-6-19)27(29)30-3/h5-15H,4,16H2,1-3H3/b24-14-. The largest absolute Gasteiger partial charge is 0.494 e. The second kappa shape index (κ2) is 9.61. The number of ketones is 1. The molecule has 3 aromatic rings. The minimum atomic E-state index is -0.382. The molecule has 0 radical (unpaired) electrons. The van der Waals surface area contributed by atoms with E-state index in [-0.39, 0.29) is 17.5 Å². The molecule has 0 spiro atoms. The number of rotatable bonds is 7. The molecule has 1 aliphatic heterocycles. The van der Waals surface area contributed by atoms with Crippen LogP contribution in [0.1, 0.15) is 44.3 Å². The summed E-state index contributed by atoms with van der Waals surface area (Å²) in [5.41, 5.74) is 3.55. The van der Waals surface area contributed by atoms with Gasteiger partial charge in [0.15, 0.2) is 5.76 Å². The second-order valence-electron chi connectivity index (χ2n) is 7.53. The van der Waals surface area contributed by atoms with Crippen LogP contribution in [-0.4, -0.2) is 25.5 Å². The summed E-state index contributed by atoms with van der Waals surface area (Å²) in [5.74, 6) is 1.59. The van der Waals surface area contributed by atoms with E-state index in [0.29, 0.717) is 35.8 Å². The van der Waals surface area contributed by atoms with Crippen LogP contribution in [0.5, 0.6) is 17.2 Å². The smallest absolute Gasteiger partial charge is 0.337 e. The Balaban J connectivity index is 1.47. The molecule has 1 aliphatic rings. The SMILES string of the molecule is CCOc1ccc(/C=C2\Oc3cc(OCc4ccc(C(=O)OC)cc4)cc(C)c3C2=O)cc1. The number of Topliss-reactive ketones (excluding diaryl/α,β-unsaturated/α-hetero) is 1. The van der Waals surface area contributed by atoms with E-state index in [1.807, 2.05) is 56.3 Å². The normalized spacial score (nSPS) is 13.4. The quantitative estimate of drug-likeness (QED) is 0.360. The lowest BCUT2D eigenvalue weighted by atomic mass is 10.0. The lowest BCUT2D eigenvalue weighted by Gasteiger charge is -2.09. The fourth-order valence-electron chi connectivity index (χ4n) is 3.56. The molecule has 0 fully saturated rings. The number of ether oxygens (including phenoxy) is 4. The summed E-state index contributed by atoms with van der Waals surface area (Å²) in [6.45, 7) is 4.69. The fourth-order valence-corrected chi connectivity index (χ4v) is 3.56. The first-order valence-corrected chi connectivity index (χ1v) is 10.6. The van der Waals surface area contributed by atoms with Gasteiger partial charge < -0.3 is 18.9 Å². The van der Waals surface area contributed by atoms with Crippen molar-refractivity contribution in [1.82, 2.24) is 0 Å². The van der Waals surface area contributed by atoms with Crippen LogP contribution in [0.4, 0.5) is 0 Å². The van der Waals surface area contributed by atoms with E-state index in [1.165, 1.54) is 7.11 Å². The number of allylic oxidation sites excluding steroid dienone is 1. The molecule has 6 heteroatoms. The Labute approximate surface area is 192 Å². The van der Waals surface area contributed by atoms with Crippen LogP contribution < -0.4 is 14.2 Å². The van der Waals surface area contributed by atoms with Crippen LogP contribution >= 0.6 is 0 Å². The molecule has 0 saturated carbocycles. The number of hydrogen-bond acceptors (Lipinski definition) is 6. The maximum Gasteiger partial charge on any atom is 0.337 e. The van der Waals surface area contributed by atoms with Crippen molar-refractivity contribution in [3.8, 4) is 17.2 Å². The van der Waals surface area contributed by atoms with Crippen molar-refractivity contribution in [2.75, 3.05) is 13.7 Å². The van der Waals surface area contributed by atoms with E-state index in [2.05, 4.69) is 0 Å². The van der Waals surface area contributed by atoms with Gasteiger partial charge in [0, 0.05) is 6.07 Å². The minimum absolute atomic E-state index is 0.152. The Morgan fingerprint density at radius 3 is 2.36 bits per heavy atom. The number of hydrogen-bond donors (Lipinski definition) is 0. The highest BCUT2D eigenvalue weighted by atomic mass is 16.5. The Kier molecular flexibility index (Phi) is 6.45. The van der Waals surface area contributed by atoms with Gasteiger partial charge in [0.05, 0.1) is 24.8 Å². The van der Waals surface area contributed by atoms with Crippen LogP contribution in [0.2, 0.25) is 0 Å². The van der Waals surface area contributed by atoms with E-state index in [1.54, 1.807) is 24.3 Å². The molecule has 3 aromatic carbocycles. The first kappa shape index (κ1) is 22.1. The monoisotopic (exact) mass is 444 g/mol. The molecular weight excluding hydrogens is 420 g/mol. The third-order valence-corrected chi connectivity index (χ3v) is 5.21. The van der Waals surface area contributed by atoms with Gasteiger partial charge in [-0.15, -0.1) is 0 Å². The third kappa shape index (κ3) is 4.90. The van der Waals surface area contributed by atoms with Crippen LogP contribution in [0.15, 0.2) is 66.4 Å². The molecule has 168 valence electrons. The molecule has 0 atom stereocenters. The van der Waals surface area contributed by atoms with E-state index in [9.17, 15) is 9.59 Å². The molecule has 0 bridgehead atoms. The Morgan fingerprint density at radius 2 is 1.70 bits per heavy atom. The number of fused-ring (bicyclic) bond motifs is 1. The van der Waals surface area contributed by atoms with Gasteiger partial charge in [0.25, 0.3) is 0 Å². The van der Waals surface area contributed by atoms with E-state index in [4.69, 9.17) is 18.9 Å². The van der Waals surface area contributed by atoms with Gasteiger partial charge >= 0.3 is 5.97 Å². The molecule has 1 heterocycles. The van der Waals surface area contributed by atoms with Gasteiger partial charge in [0.1, 0.15) is 23.9 Å². The number of aryl methyl sites for hydroxylation is 1. The third-order valence-electron chi connectivity index (χ3n) is 5.21. The maximum absolute atomic E-state index is 12.9. The van der Waals surface area contributed by atoms with E-state index in [0.717, 1.165) is 22.4 Å². The molecular formula is C27H24O6. The topological polar surface area (TPSA) is 71.1 Å².